The molecule has 0 radical (unpaired) electrons. The second-order valence-corrected chi connectivity index (χ2v) is 8.82. The molecule has 1 aliphatic heterocycles. The third kappa shape index (κ3) is 10.0. The Morgan fingerprint density at radius 2 is 1.74 bits per heavy atom. The van der Waals surface area contributed by atoms with Crippen LogP contribution in [-0.2, 0) is 9.47 Å². The number of piperazine rings is 1. The Kier molecular flexibility index (Phi) is 9.80. The predicted molar refractivity (Wildman–Crippen MR) is 121 cm³/mol. The zero-order chi connectivity index (χ0) is 25.4. The summed E-state index contributed by atoms with van der Waals surface area (Å²) >= 11 is 0. The van der Waals surface area contributed by atoms with Crippen molar-refractivity contribution < 1.29 is 37.0 Å². The first kappa shape index (κ1) is 27.5. The Hall–Kier alpha value is -2.73. The second-order valence-electron chi connectivity index (χ2n) is 8.82. The average Bonchev–Trinajstić information content (AvgIpc) is 2.72. The van der Waals surface area contributed by atoms with Crippen LogP contribution in [0.5, 0.6) is 5.75 Å². The number of hydrogen-bond acceptors (Lipinski definition) is 6. The Balaban J connectivity index is 1.82. The van der Waals surface area contributed by atoms with Gasteiger partial charge >= 0.3 is 18.3 Å². The fourth-order valence-corrected chi connectivity index (χ4v) is 3.25. The molecular formula is C22H33F3N4O5. The number of benzene rings is 1. The van der Waals surface area contributed by atoms with E-state index in [1.807, 2.05) is 0 Å². The summed E-state index contributed by atoms with van der Waals surface area (Å²) in [7, 11) is 1.47. The van der Waals surface area contributed by atoms with Crippen molar-refractivity contribution in [3.63, 3.8) is 0 Å². The van der Waals surface area contributed by atoms with E-state index >= 15 is 0 Å². The molecule has 34 heavy (non-hydrogen) atoms. The van der Waals surface area contributed by atoms with Gasteiger partial charge in [0.25, 0.3) is 0 Å². The maximum atomic E-state index is 12.7. The molecule has 1 aliphatic rings. The summed E-state index contributed by atoms with van der Waals surface area (Å²) in [5.41, 5.74) is 0.162. The number of anilines is 2. The van der Waals surface area contributed by atoms with Gasteiger partial charge in [0.05, 0.1) is 12.8 Å². The second kappa shape index (κ2) is 12.1. The van der Waals surface area contributed by atoms with E-state index in [0.29, 0.717) is 56.3 Å². The smallest absolute Gasteiger partial charge is 0.412 e. The number of halogens is 3. The van der Waals surface area contributed by atoms with Gasteiger partial charge in [-0.1, -0.05) is 0 Å². The van der Waals surface area contributed by atoms with Crippen LogP contribution in [0.15, 0.2) is 18.2 Å². The number of nitrogens with zero attached hydrogens (tertiary/aromatic N) is 2. The summed E-state index contributed by atoms with van der Waals surface area (Å²) in [5.74, 6) is 0.414. The topological polar surface area (TPSA) is 92.4 Å². The van der Waals surface area contributed by atoms with Crippen molar-refractivity contribution in [1.29, 1.82) is 0 Å². The molecule has 12 heteroatoms. The van der Waals surface area contributed by atoms with Crippen LogP contribution in [0.3, 0.4) is 0 Å². The van der Waals surface area contributed by atoms with E-state index in [2.05, 4.69) is 20.3 Å². The molecule has 1 saturated heterocycles. The summed E-state index contributed by atoms with van der Waals surface area (Å²) in [6.45, 7) is 6.85. The molecule has 3 amide bonds. The van der Waals surface area contributed by atoms with Crippen molar-refractivity contribution in [3.8, 4) is 5.75 Å². The Morgan fingerprint density at radius 1 is 1.06 bits per heavy atom. The number of alkyl halides is 3. The fraction of sp³-hybridized carbons (Fsp3) is 0.636. The molecule has 0 bridgehead atoms. The van der Waals surface area contributed by atoms with Crippen molar-refractivity contribution in [2.24, 2.45) is 0 Å². The van der Waals surface area contributed by atoms with Crippen molar-refractivity contribution in [3.05, 3.63) is 18.2 Å². The SMILES string of the molecule is COc1ccc(NC(=O)N2CCN(CCCOCC(F)(F)F)CC2)cc1NC(=O)OC(C)(C)C. The van der Waals surface area contributed by atoms with Crippen LogP contribution in [0.1, 0.15) is 27.2 Å². The highest BCUT2D eigenvalue weighted by Crippen LogP contribution is 2.28. The first-order chi connectivity index (χ1) is 15.9. The molecule has 0 unspecified atom stereocenters. The Bertz CT molecular complexity index is 822. The van der Waals surface area contributed by atoms with Crippen LogP contribution in [0, 0.1) is 0 Å². The largest absolute Gasteiger partial charge is 0.495 e. The number of carbonyl (C=O) groups excluding carboxylic acids is 2. The highest BCUT2D eigenvalue weighted by atomic mass is 19.4. The number of hydrogen-bond donors (Lipinski definition) is 2. The maximum absolute atomic E-state index is 12.7. The number of amides is 3. The Morgan fingerprint density at radius 3 is 2.32 bits per heavy atom. The molecule has 0 aliphatic carbocycles. The van der Waals surface area contributed by atoms with E-state index in [4.69, 9.17) is 9.47 Å². The van der Waals surface area contributed by atoms with Crippen LogP contribution >= 0.6 is 0 Å². The van der Waals surface area contributed by atoms with Gasteiger partial charge in [0.15, 0.2) is 0 Å². The first-order valence-electron chi connectivity index (χ1n) is 11.0. The van der Waals surface area contributed by atoms with Gasteiger partial charge in [0, 0.05) is 45.0 Å². The van der Waals surface area contributed by atoms with Crippen molar-refractivity contribution in [2.75, 3.05) is 63.7 Å². The summed E-state index contributed by atoms with van der Waals surface area (Å²) in [6.07, 6.45) is -4.47. The maximum Gasteiger partial charge on any atom is 0.412 e. The van der Waals surface area contributed by atoms with Crippen LogP contribution in [-0.4, -0.2) is 86.7 Å². The van der Waals surface area contributed by atoms with Gasteiger partial charge in [-0.05, 0) is 45.4 Å². The van der Waals surface area contributed by atoms with Crippen LogP contribution in [0.2, 0.25) is 0 Å². The minimum Gasteiger partial charge on any atom is -0.495 e. The first-order valence-corrected chi connectivity index (χ1v) is 11.0. The molecule has 9 nitrogen and oxygen atoms in total. The fourth-order valence-electron chi connectivity index (χ4n) is 3.25. The molecule has 1 heterocycles. The lowest BCUT2D eigenvalue weighted by molar-refractivity contribution is -0.174. The summed E-state index contributed by atoms with van der Waals surface area (Å²) in [6, 6.07) is 4.58. The lowest BCUT2D eigenvalue weighted by atomic mass is 10.2. The molecule has 0 atom stereocenters. The number of methoxy groups -OCH3 is 1. The summed E-state index contributed by atoms with van der Waals surface area (Å²) in [4.78, 5) is 28.5. The van der Waals surface area contributed by atoms with Gasteiger partial charge in [0.1, 0.15) is 18.0 Å². The highest BCUT2D eigenvalue weighted by Gasteiger charge is 2.27. The van der Waals surface area contributed by atoms with Crippen LogP contribution in [0.25, 0.3) is 0 Å². The zero-order valence-electron chi connectivity index (χ0n) is 20.0. The molecular weight excluding hydrogens is 457 g/mol. The summed E-state index contributed by atoms with van der Waals surface area (Å²) in [5, 5.41) is 5.43. The van der Waals surface area contributed by atoms with Gasteiger partial charge in [-0.25, -0.2) is 9.59 Å². The summed E-state index contributed by atoms with van der Waals surface area (Å²) < 4.78 is 51.4. The third-order valence-corrected chi connectivity index (χ3v) is 4.77. The molecule has 1 fully saturated rings. The van der Waals surface area contributed by atoms with Crippen LogP contribution < -0.4 is 15.4 Å². The molecule has 2 N–H and O–H groups in total. The van der Waals surface area contributed by atoms with Crippen LogP contribution in [0.4, 0.5) is 34.1 Å². The number of ether oxygens (including phenoxy) is 3. The quantitative estimate of drug-likeness (QED) is 0.532. The van der Waals surface area contributed by atoms with Gasteiger partial charge in [0.2, 0.25) is 0 Å². The van der Waals surface area contributed by atoms with Crippen molar-refractivity contribution in [2.45, 2.75) is 39.0 Å². The normalized spacial score (nSPS) is 15.1. The molecule has 0 spiro atoms. The zero-order valence-corrected chi connectivity index (χ0v) is 20.0. The van der Waals surface area contributed by atoms with E-state index in [1.54, 1.807) is 43.9 Å². The third-order valence-electron chi connectivity index (χ3n) is 4.77. The molecule has 1 aromatic carbocycles. The minimum atomic E-state index is -4.31. The van der Waals surface area contributed by atoms with Crippen molar-refractivity contribution >= 4 is 23.5 Å². The molecule has 0 saturated carbocycles. The number of nitrogens with one attached hydrogen (secondary N) is 2. The molecule has 1 aromatic rings. The van der Waals surface area contributed by atoms with Crippen molar-refractivity contribution in [1.82, 2.24) is 9.80 Å². The predicted octanol–water partition coefficient (Wildman–Crippen LogP) is 4.16. The van der Waals surface area contributed by atoms with E-state index < -0.39 is 24.5 Å². The van der Waals surface area contributed by atoms with Gasteiger partial charge in [-0.3, -0.25) is 10.2 Å². The van der Waals surface area contributed by atoms with Gasteiger partial charge in [-0.2, -0.15) is 13.2 Å². The highest BCUT2D eigenvalue weighted by molar-refractivity contribution is 5.92. The van der Waals surface area contributed by atoms with E-state index in [9.17, 15) is 22.8 Å². The van der Waals surface area contributed by atoms with E-state index in [-0.39, 0.29) is 12.6 Å². The monoisotopic (exact) mass is 490 g/mol. The molecule has 192 valence electrons. The standard InChI is InChI=1S/C22H33F3N4O5/c1-21(2,3)34-20(31)27-17-14-16(6-7-18(17)32-4)26-19(30)29-11-9-28(10-12-29)8-5-13-33-15-22(23,24)25/h6-7,14H,5,8-13,15H2,1-4H3,(H,26,30)(H,27,31). The average molecular weight is 491 g/mol. The lowest BCUT2D eigenvalue weighted by Crippen LogP contribution is -2.50. The van der Waals surface area contributed by atoms with E-state index in [0.717, 1.165) is 0 Å². The van der Waals surface area contributed by atoms with Gasteiger partial charge in [-0.15, -0.1) is 0 Å². The van der Waals surface area contributed by atoms with Gasteiger partial charge < -0.3 is 24.4 Å². The molecule has 0 aromatic heterocycles. The van der Waals surface area contributed by atoms with E-state index in [1.165, 1.54) is 7.11 Å². The number of rotatable bonds is 8. The molecule has 2 rings (SSSR count). The number of carbonyl (C=O) groups is 2. The minimum absolute atomic E-state index is 0.0390. The number of urea groups is 1. The lowest BCUT2D eigenvalue weighted by Gasteiger charge is -2.34. The Labute approximate surface area is 197 Å².